The van der Waals surface area contributed by atoms with Crippen LogP contribution in [0.1, 0.15) is 11.1 Å². The van der Waals surface area contributed by atoms with Gasteiger partial charge in [-0.2, -0.15) is 18.2 Å². The van der Waals surface area contributed by atoms with Gasteiger partial charge in [-0.1, -0.05) is 29.8 Å². The van der Waals surface area contributed by atoms with E-state index in [1.165, 1.54) is 6.20 Å². The minimum atomic E-state index is -5.40. The van der Waals surface area contributed by atoms with Crippen molar-refractivity contribution in [3.05, 3.63) is 93.0 Å². The Hall–Kier alpha value is -4.06. The molecule has 186 valence electrons. The van der Waals surface area contributed by atoms with Crippen LogP contribution < -0.4 is 15.0 Å². The topological polar surface area (TPSA) is 83.3 Å². The number of carbonyl (C=O) groups excluding carboxylic acids is 1. The monoisotopic (exact) mass is 525 g/mol. The van der Waals surface area contributed by atoms with Gasteiger partial charge in [-0.05, 0) is 29.1 Å². The molecule has 0 aliphatic heterocycles. The van der Waals surface area contributed by atoms with Crippen LogP contribution in [0.4, 0.5) is 22.0 Å². The number of ether oxygens (including phenoxy) is 2. The van der Waals surface area contributed by atoms with Gasteiger partial charge in [-0.3, -0.25) is 14.3 Å². The third-order valence-electron chi connectivity index (χ3n) is 4.94. The van der Waals surface area contributed by atoms with Crippen LogP contribution in [-0.4, -0.2) is 26.7 Å². The molecule has 36 heavy (non-hydrogen) atoms. The Bertz CT molecular complexity index is 1520. The maximum absolute atomic E-state index is 13.9. The van der Waals surface area contributed by atoms with E-state index in [1.807, 2.05) is 0 Å². The standard InChI is InChI=1S/C23H13ClF5N3O4/c24-18-19(35-11-14-4-5-15(25)8-17(14)26)31-22(36-21(34)23(27,28)29)32(20(18)33)10-13-3-1-2-12-9-30-7-6-16(12)13/h1-9H,10-11H2. The zero-order chi connectivity index (χ0) is 26.0. The van der Waals surface area contributed by atoms with E-state index >= 15 is 0 Å². The minimum Gasteiger partial charge on any atom is -0.471 e. The number of fused-ring (bicyclic) bond motifs is 1. The van der Waals surface area contributed by atoms with Gasteiger partial charge in [-0.15, -0.1) is 0 Å². The van der Waals surface area contributed by atoms with E-state index in [2.05, 4.69) is 14.7 Å². The number of nitrogens with zero attached hydrogens (tertiary/aromatic N) is 3. The average Bonchev–Trinajstić information content (AvgIpc) is 2.83. The van der Waals surface area contributed by atoms with Crippen molar-refractivity contribution in [3.8, 4) is 11.9 Å². The fourth-order valence-corrected chi connectivity index (χ4v) is 3.43. The molecule has 0 atom stereocenters. The highest BCUT2D eigenvalue weighted by atomic mass is 35.5. The first kappa shape index (κ1) is 25.0. The second kappa shape index (κ2) is 9.90. The van der Waals surface area contributed by atoms with Gasteiger partial charge in [0, 0.05) is 29.4 Å². The predicted octanol–water partition coefficient (Wildman–Crippen LogP) is 4.82. The first-order valence-corrected chi connectivity index (χ1v) is 10.4. The molecule has 13 heteroatoms. The quantitative estimate of drug-likeness (QED) is 0.265. The summed E-state index contributed by atoms with van der Waals surface area (Å²) in [5.41, 5.74) is -0.782. The smallest absolute Gasteiger partial charge is 0.471 e. The molecule has 0 radical (unpaired) electrons. The van der Waals surface area contributed by atoms with Crippen molar-refractivity contribution in [3.63, 3.8) is 0 Å². The summed E-state index contributed by atoms with van der Waals surface area (Å²) in [6.07, 6.45) is -2.37. The van der Waals surface area contributed by atoms with Crippen molar-refractivity contribution in [2.24, 2.45) is 0 Å². The maximum atomic E-state index is 13.9. The number of aromatic nitrogens is 3. The second-order valence-electron chi connectivity index (χ2n) is 7.33. The molecule has 0 aliphatic carbocycles. The van der Waals surface area contributed by atoms with Crippen molar-refractivity contribution >= 4 is 28.3 Å². The van der Waals surface area contributed by atoms with Crippen LogP contribution in [0.25, 0.3) is 10.8 Å². The molecular formula is C23H13ClF5N3O4. The number of esters is 1. The predicted molar refractivity (Wildman–Crippen MR) is 117 cm³/mol. The molecule has 0 N–H and O–H groups in total. The fourth-order valence-electron chi connectivity index (χ4n) is 3.23. The Balaban J connectivity index is 1.76. The van der Waals surface area contributed by atoms with Gasteiger partial charge in [0.25, 0.3) is 5.56 Å². The van der Waals surface area contributed by atoms with E-state index in [0.29, 0.717) is 27.0 Å². The third-order valence-corrected chi connectivity index (χ3v) is 5.27. The molecule has 0 saturated carbocycles. The van der Waals surface area contributed by atoms with Crippen molar-refractivity contribution < 1.29 is 36.2 Å². The van der Waals surface area contributed by atoms with Gasteiger partial charge in [0.15, 0.2) is 5.02 Å². The Morgan fingerprint density at radius 3 is 2.58 bits per heavy atom. The van der Waals surface area contributed by atoms with Crippen molar-refractivity contribution in [2.75, 3.05) is 0 Å². The van der Waals surface area contributed by atoms with E-state index in [4.69, 9.17) is 16.3 Å². The summed E-state index contributed by atoms with van der Waals surface area (Å²) in [6, 6.07) is 8.13. The zero-order valence-electron chi connectivity index (χ0n) is 17.9. The molecule has 4 rings (SSSR count). The van der Waals surface area contributed by atoms with Gasteiger partial charge >= 0.3 is 18.2 Å². The van der Waals surface area contributed by atoms with Crippen LogP contribution in [-0.2, 0) is 17.9 Å². The summed E-state index contributed by atoms with van der Waals surface area (Å²) >= 11 is 6.07. The molecule has 0 bridgehead atoms. The molecule has 2 heterocycles. The first-order chi connectivity index (χ1) is 17.0. The Morgan fingerprint density at radius 2 is 1.86 bits per heavy atom. The van der Waals surface area contributed by atoms with Gasteiger partial charge in [-0.25, -0.2) is 13.6 Å². The lowest BCUT2D eigenvalue weighted by atomic mass is 10.1. The number of benzene rings is 2. The number of halogens is 6. The van der Waals surface area contributed by atoms with Crippen LogP contribution in [0, 0.1) is 11.6 Å². The van der Waals surface area contributed by atoms with Crippen LogP contribution in [0.5, 0.6) is 11.9 Å². The summed E-state index contributed by atoms with van der Waals surface area (Å²) in [5.74, 6) is -5.17. The SMILES string of the molecule is O=C(Oc1nc(OCc2ccc(F)cc2F)c(Cl)c(=O)n1Cc1cccc2cnccc12)C(F)(F)F. The summed E-state index contributed by atoms with van der Waals surface area (Å²) in [5, 5.41) is 0.638. The number of hydrogen-bond donors (Lipinski definition) is 0. The van der Waals surface area contributed by atoms with Gasteiger partial charge in [0.1, 0.15) is 18.2 Å². The van der Waals surface area contributed by atoms with Gasteiger partial charge < -0.3 is 9.47 Å². The normalized spacial score (nSPS) is 11.5. The summed E-state index contributed by atoms with van der Waals surface area (Å²) < 4.78 is 76.0. The fraction of sp³-hybridized carbons (Fsp3) is 0.130. The molecule has 4 aromatic rings. The molecule has 0 aliphatic rings. The van der Waals surface area contributed by atoms with Crippen molar-refractivity contribution in [1.29, 1.82) is 0 Å². The molecule has 2 aromatic carbocycles. The number of pyridine rings is 1. The number of alkyl halides is 3. The zero-order valence-corrected chi connectivity index (χ0v) is 18.6. The summed E-state index contributed by atoms with van der Waals surface area (Å²) in [7, 11) is 0. The molecule has 0 unspecified atom stereocenters. The Kier molecular flexibility index (Phi) is 6.88. The van der Waals surface area contributed by atoms with E-state index in [1.54, 1.807) is 30.5 Å². The molecule has 0 fully saturated rings. The van der Waals surface area contributed by atoms with E-state index in [9.17, 15) is 31.5 Å². The molecule has 2 aromatic heterocycles. The van der Waals surface area contributed by atoms with E-state index in [0.717, 1.165) is 12.1 Å². The van der Waals surface area contributed by atoms with E-state index in [-0.39, 0.29) is 12.1 Å². The molecule has 7 nitrogen and oxygen atoms in total. The lowest BCUT2D eigenvalue weighted by Crippen LogP contribution is -2.32. The number of carbonyl (C=O) groups is 1. The molecular weight excluding hydrogens is 513 g/mol. The summed E-state index contributed by atoms with van der Waals surface area (Å²) in [4.78, 5) is 32.2. The van der Waals surface area contributed by atoms with Gasteiger partial charge in [0.05, 0.1) is 6.54 Å². The van der Waals surface area contributed by atoms with Gasteiger partial charge in [0.2, 0.25) is 5.88 Å². The second-order valence-corrected chi connectivity index (χ2v) is 7.71. The molecule has 0 spiro atoms. The molecule has 0 saturated heterocycles. The third kappa shape index (κ3) is 5.28. The largest absolute Gasteiger partial charge is 0.491 e. The number of hydrogen-bond acceptors (Lipinski definition) is 6. The highest BCUT2D eigenvalue weighted by molar-refractivity contribution is 6.31. The van der Waals surface area contributed by atoms with Crippen LogP contribution in [0.3, 0.4) is 0 Å². The highest BCUT2D eigenvalue weighted by Gasteiger charge is 2.42. The average molecular weight is 526 g/mol. The maximum Gasteiger partial charge on any atom is 0.491 e. The Morgan fingerprint density at radius 1 is 1.08 bits per heavy atom. The van der Waals surface area contributed by atoms with Crippen molar-refractivity contribution in [2.45, 2.75) is 19.3 Å². The highest BCUT2D eigenvalue weighted by Crippen LogP contribution is 2.27. The lowest BCUT2D eigenvalue weighted by Gasteiger charge is -2.16. The van der Waals surface area contributed by atoms with E-state index < -0.39 is 52.9 Å². The van der Waals surface area contributed by atoms with Crippen LogP contribution in [0.15, 0.2) is 59.7 Å². The van der Waals surface area contributed by atoms with Crippen LogP contribution >= 0.6 is 11.6 Å². The van der Waals surface area contributed by atoms with Crippen LogP contribution in [0.2, 0.25) is 5.02 Å². The lowest BCUT2D eigenvalue weighted by molar-refractivity contribution is -0.190. The summed E-state index contributed by atoms with van der Waals surface area (Å²) in [6.45, 7) is -0.981. The minimum absolute atomic E-state index is 0.156. The number of rotatable bonds is 6. The molecule has 0 amide bonds. The van der Waals surface area contributed by atoms with Crippen molar-refractivity contribution in [1.82, 2.24) is 14.5 Å². The Labute approximate surface area is 203 Å². The first-order valence-electron chi connectivity index (χ1n) is 10.0.